The summed E-state index contributed by atoms with van der Waals surface area (Å²) in [5, 5.41) is 0. The third kappa shape index (κ3) is 4.43. The maximum atomic E-state index is 11.6. The average Bonchev–Trinajstić information content (AvgIpc) is 2.30. The predicted octanol–water partition coefficient (Wildman–Crippen LogP) is 3.72. The maximum absolute atomic E-state index is 11.6. The van der Waals surface area contributed by atoms with Gasteiger partial charge in [0, 0.05) is 6.42 Å². The average molecular weight is 216 g/mol. The quantitative estimate of drug-likeness (QED) is 0.662. The van der Waals surface area contributed by atoms with Gasteiger partial charge in [-0.3, -0.25) is 4.79 Å². The highest BCUT2D eigenvalue weighted by molar-refractivity contribution is 5.91. The van der Waals surface area contributed by atoms with E-state index in [-0.39, 0.29) is 5.78 Å². The molecule has 0 saturated heterocycles. The molecule has 0 aliphatic heterocycles. The fourth-order valence-electron chi connectivity index (χ4n) is 1.53. The van der Waals surface area contributed by atoms with E-state index in [9.17, 15) is 4.79 Å². The number of hydrogen-bond acceptors (Lipinski definition) is 1. The Hall–Kier alpha value is -1.37. The van der Waals surface area contributed by atoms with Gasteiger partial charge >= 0.3 is 0 Å². The fourth-order valence-corrected chi connectivity index (χ4v) is 1.53. The van der Waals surface area contributed by atoms with E-state index in [1.807, 2.05) is 18.2 Å². The van der Waals surface area contributed by atoms with Crippen LogP contribution in [0, 0.1) is 0 Å². The molecule has 0 fully saturated rings. The highest BCUT2D eigenvalue weighted by Crippen LogP contribution is 2.06. The Bertz CT molecular complexity index is 346. The zero-order chi connectivity index (χ0) is 11.8. The van der Waals surface area contributed by atoms with Crippen LogP contribution in [0.1, 0.15) is 37.8 Å². The normalized spacial score (nSPS) is 10.9. The van der Waals surface area contributed by atoms with E-state index in [1.54, 1.807) is 6.08 Å². The van der Waals surface area contributed by atoms with Crippen LogP contribution in [0.5, 0.6) is 0 Å². The van der Waals surface area contributed by atoms with Crippen molar-refractivity contribution in [1.82, 2.24) is 0 Å². The molecule has 0 aliphatic carbocycles. The number of carbonyl (C=O) groups is 1. The highest BCUT2D eigenvalue weighted by Gasteiger charge is 1.99. The molecule has 0 atom stereocenters. The van der Waals surface area contributed by atoms with E-state index in [0.717, 1.165) is 24.8 Å². The summed E-state index contributed by atoms with van der Waals surface area (Å²) in [6.07, 6.45) is 7.31. The highest BCUT2D eigenvalue weighted by atomic mass is 16.1. The Morgan fingerprint density at radius 3 is 2.31 bits per heavy atom. The largest absolute Gasteiger partial charge is 0.294 e. The van der Waals surface area contributed by atoms with E-state index in [2.05, 4.69) is 26.0 Å². The fraction of sp³-hybridized carbons (Fsp3) is 0.400. The summed E-state index contributed by atoms with van der Waals surface area (Å²) in [5.74, 6) is 0.192. The summed E-state index contributed by atoms with van der Waals surface area (Å²) in [7, 11) is 0. The van der Waals surface area contributed by atoms with E-state index >= 15 is 0 Å². The summed E-state index contributed by atoms with van der Waals surface area (Å²) in [6.45, 7) is 4.24. The molecule has 1 aromatic rings. The Balaban J connectivity index is 2.49. The molecule has 1 heteroatoms. The van der Waals surface area contributed by atoms with Gasteiger partial charge in [-0.05, 0) is 30.0 Å². The Morgan fingerprint density at radius 2 is 1.75 bits per heavy atom. The number of carbonyl (C=O) groups excluding carboxylic acids is 1. The SMILES string of the molecule is CCC/C=C\C(=O)Cc1ccc(CC)cc1. The van der Waals surface area contributed by atoms with Crippen molar-refractivity contribution < 1.29 is 4.79 Å². The van der Waals surface area contributed by atoms with Crippen molar-refractivity contribution >= 4 is 5.78 Å². The van der Waals surface area contributed by atoms with Crippen molar-refractivity contribution in [3.05, 3.63) is 47.5 Å². The second-order valence-corrected chi connectivity index (χ2v) is 4.00. The van der Waals surface area contributed by atoms with Crippen molar-refractivity contribution in [2.75, 3.05) is 0 Å². The molecule has 0 saturated carbocycles. The van der Waals surface area contributed by atoms with Gasteiger partial charge in [0.25, 0.3) is 0 Å². The molecule has 16 heavy (non-hydrogen) atoms. The van der Waals surface area contributed by atoms with Crippen LogP contribution in [0.15, 0.2) is 36.4 Å². The molecule has 0 aromatic heterocycles. The molecule has 0 radical (unpaired) electrons. The Labute approximate surface area is 98.2 Å². The van der Waals surface area contributed by atoms with Gasteiger partial charge in [0.15, 0.2) is 5.78 Å². The van der Waals surface area contributed by atoms with Crippen LogP contribution in [-0.2, 0) is 17.6 Å². The summed E-state index contributed by atoms with van der Waals surface area (Å²) in [4.78, 5) is 11.6. The van der Waals surface area contributed by atoms with Crippen molar-refractivity contribution in [2.45, 2.75) is 39.5 Å². The lowest BCUT2D eigenvalue weighted by molar-refractivity contribution is -0.114. The molecular formula is C15H20O. The van der Waals surface area contributed by atoms with Crippen LogP contribution in [0.4, 0.5) is 0 Å². The summed E-state index contributed by atoms with van der Waals surface area (Å²) in [6, 6.07) is 8.28. The number of allylic oxidation sites excluding steroid dienone is 2. The van der Waals surface area contributed by atoms with Gasteiger partial charge < -0.3 is 0 Å². The number of aryl methyl sites for hydroxylation is 1. The van der Waals surface area contributed by atoms with E-state index < -0.39 is 0 Å². The molecule has 1 aromatic carbocycles. The molecular weight excluding hydrogens is 196 g/mol. The molecule has 0 spiro atoms. The van der Waals surface area contributed by atoms with Crippen LogP contribution in [0.3, 0.4) is 0 Å². The molecule has 0 bridgehead atoms. The van der Waals surface area contributed by atoms with Crippen LogP contribution in [0.25, 0.3) is 0 Å². The summed E-state index contributed by atoms with van der Waals surface area (Å²) >= 11 is 0. The van der Waals surface area contributed by atoms with Crippen LogP contribution < -0.4 is 0 Å². The van der Waals surface area contributed by atoms with Crippen molar-refractivity contribution in [1.29, 1.82) is 0 Å². The minimum Gasteiger partial charge on any atom is -0.294 e. The first-order valence-corrected chi connectivity index (χ1v) is 6.03. The monoisotopic (exact) mass is 216 g/mol. The second kappa shape index (κ2) is 7.00. The topological polar surface area (TPSA) is 17.1 Å². The lowest BCUT2D eigenvalue weighted by Gasteiger charge is -2.00. The van der Waals surface area contributed by atoms with Crippen LogP contribution >= 0.6 is 0 Å². The molecule has 0 heterocycles. The summed E-state index contributed by atoms with van der Waals surface area (Å²) < 4.78 is 0. The number of hydrogen-bond donors (Lipinski definition) is 0. The third-order valence-electron chi connectivity index (χ3n) is 2.57. The zero-order valence-corrected chi connectivity index (χ0v) is 10.2. The van der Waals surface area contributed by atoms with Crippen LogP contribution in [-0.4, -0.2) is 5.78 Å². The van der Waals surface area contributed by atoms with Crippen molar-refractivity contribution in [2.24, 2.45) is 0 Å². The predicted molar refractivity (Wildman–Crippen MR) is 68.6 cm³/mol. The number of ketones is 1. The van der Waals surface area contributed by atoms with E-state index in [4.69, 9.17) is 0 Å². The Kier molecular flexibility index (Phi) is 5.55. The van der Waals surface area contributed by atoms with Crippen molar-refractivity contribution in [3.8, 4) is 0 Å². The number of unbranched alkanes of at least 4 members (excludes halogenated alkanes) is 1. The first-order chi connectivity index (χ1) is 7.76. The van der Waals surface area contributed by atoms with E-state index in [1.165, 1.54) is 5.56 Å². The molecule has 1 rings (SSSR count). The van der Waals surface area contributed by atoms with Crippen LogP contribution in [0.2, 0.25) is 0 Å². The Morgan fingerprint density at radius 1 is 1.12 bits per heavy atom. The summed E-state index contributed by atoms with van der Waals surface area (Å²) in [5.41, 5.74) is 2.42. The molecule has 0 amide bonds. The number of benzene rings is 1. The molecule has 0 N–H and O–H groups in total. The van der Waals surface area contributed by atoms with Crippen molar-refractivity contribution in [3.63, 3.8) is 0 Å². The first kappa shape index (κ1) is 12.7. The molecule has 1 nitrogen and oxygen atoms in total. The third-order valence-corrected chi connectivity index (χ3v) is 2.57. The number of rotatable bonds is 6. The maximum Gasteiger partial charge on any atom is 0.159 e. The van der Waals surface area contributed by atoms with Gasteiger partial charge in [-0.15, -0.1) is 0 Å². The smallest absolute Gasteiger partial charge is 0.159 e. The lowest BCUT2D eigenvalue weighted by atomic mass is 10.1. The molecule has 86 valence electrons. The van der Waals surface area contributed by atoms with Gasteiger partial charge in [0.1, 0.15) is 0 Å². The van der Waals surface area contributed by atoms with Gasteiger partial charge in [-0.2, -0.15) is 0 Å². The minimum absolute atomic E-state index is 0.192. The van der Waals surface area contributed by atoms with Gasteiger partial charge in [-0.25, -0.2) is 0 Å². The lowest BCUT2D eigenvalue weighted by Crippen LogP contribution is -1.98. The van der Waals surface area contributed by atoms with E-state index in [0.29, 0.717) is 6.42 Å². The molecule has 0 aliphatic rings. The minimum atomic E-state index is 0.192. The molecule has 0 unspecified atom stereocenters. The second-order valence-electron chi connectivity index (χ2n) is 4.00. The standard InChI is InChI=1S/C15H20O/c1-3-5-6-7-15(16)12-14-10-8-13(4-2)9-11-14/h6-11H,3-5,12H2,1-2H3/b7-6-. The van der Waals surface area contributed by atoms with Gasteiger partial charge in [-0.1, -0.05) is 50.6 Å². The van der Waals surface area contributed by atoms with Gasteiger partial charge in [0.2, 0.25) is 0 Å². The van der Waals surface area contributed by atoms with Gasteiger partial charge in [0.05, 0.1) is 0 Å². The first-order valence-electron chi connectivity index (χ1n) is 6.03. The zero-order valence-electron chi connectivity index (χ0n) is 10.2.